The first-order valence-corrected chi connectivity index (χ1v) is 21.0. The van der Waals surface area contributed by atoms with Crippen molar-refractivity contribution in [1.82, 2.24) is 24.8 Å². The van der Waals surface area contributed by atoms with Gasteiger partial charge in [-0.15, -0.1) is 0 Å². The van der Waals surface area contributed by atoms with E-state index in [1.807, 2.05) is 0 Å². The first kappa shape index (κ1) is 41.3. The minimum atomic E-state index is -5.82. The van der Waals surface area contributed by atoms with E-state index in [4.69, 9.17) is 24.3 Å². The Bertz CT molecular complexity index is 2070. The number of ether oxygens (including phenoxy) is 2. The van der Waals surface area contributed by atoms with Crippen LogP contribution < -0.4 is 16.6 Å². The van der Waals surface area contributed by atoms with Gasteiger partial charge in [0.25, 0.3) is 5.56 Å². The number of aromatic amines is 1. The Balaban J connectivity index is 1.22. The topological polar surface area (TPSA) is 375 Å². The summed E-state index contributed by atoms with van der Waals surface area (Å²) in [5.74, 6) is -2.19. The summed E-state index contributed by atoms with van der Waals surface area (Å²) < 4.78 is 76.4. The van der Waals surface area contributed by atoms with Gasteiger partial charge < -0.3 is 55.8 Å². The van der Waals surface area contributed by atoms with E-state index in [-0.39, 0.29) is 32.8 Å². The molecule has 11 unspecified atom stereocenters. The van der Waals surface area contributed by atoms with Crippen molar-refractivity contribution in [2.75, 3.05) is 24.7 Å². The number of fused-ring (bicyclic) bond motifs is 1. The number of imidazole rings is 1. The van der Waals surface area contributed by atoms with Gasteiger partial charge in [0.1, 0.15) is 42.7 Å². The number of carbonyl (C=O) groups is 1. The molecule has 0 spiro atoms. The summed E-state index contributed by atoms with van der Waals surface area (Å²) in [6.45, 7) is -0.326. The Kier molecular flexibility index (Phi) is 12.5. The molecule has 53 heavy (non-hydrogen) atoms. The van der Waals surface area contributed by atoms with E-state index >= 15 is 0 Å². The van der Waals surface area contributed by atoms with E-state index < -0.39 is 110 Å². The number of hydrogen-bond acceptors (Lipinski definition) is 20. The van der Waals surface area contributed by atoms with Crippen LogP contribution in [-0.2, 0) is 45.6 Å². The van der Waals surface area contributed by atoms with Crippen LogP contribution in [0.2, 0.25) is 0 Å². The van der Waals surface area contributed by atoms with Crippen molar-refractivity contribution in [3.63, 3.8) is 0 Å². The number of hydrogen-bond donors (Lipinski definition) is 10. The van der Waals surface area contributed by atoms with Gasteiger partial charge in [-0.05, 0) is 29.9 Å². The normalized spacial score (nSPS) is 30.2. The SMILES string of the molecule is Cc1ccc(S(=O)(=O)SCC(=O)NC2C(OP(=O)(O)OP(=O)(O)OCC3OC(n4cnc5c(=O)[nH]c(N)nc54)C(O)C3O)OC(CO)C(O)C2O)cc1. The number of nitrogens with one attached hydrogen (secondary N) is 2. The van der Waals surface area contributed by atoms with Crippen molar-refractivity contribution in [2.24, 2.45) is 0 Å². The summed E-state index contributed by atoms with van der Waals surface area (Å²) in [5, 5.41) is 53.7. The number of amides is 1. The van der Waals surface area contributed by atoms with E-state index in [0.29, 0.717) is 0 Å². The molecule has 2 aliphatic heterocycles. The van der Waals surface area contributed by atoms with Crippen LogP contribution in [0.5, 0.6) is 0 Å². The van der Waals surface area contributed by atoms with Crippen molar-refractivity contribution in [2.45, 2.75) is 67.0 Å². The molecular formula is C25H34N6O18P2S2. The van der Waals surface area contributed by atoms with Crippen LogP contribution in [0, 0.1) is 6.92 Å². The third kappa shape index (κ3) is 9.50. The zero-order valence-electron chi connectivity index (χ0n) is 27.0. The van der Waals surface area contributed by atoms with E-state index in [9.17, 15) is 62.5 Å². The van der Waals surface area contributed by atoms with Gasteiger partial charge in [0.05, 0.1) is 30.2 Å². The van der Waals surface area contributed by atoms with Crippen LogP contribution >= 0.6 is 26.4 Å². The summed E-state index contributed by atoms with van der Waals surface area (Å²) in [6.07, 6.45) is -13.6. The standard InChI is InChI=1S/C25H34N6O18P2S2/c1-10-2-4-11(5-3-10)53(43,44)52-8-14(33)28-15-19(36)17(34)12(6-32)47-24(15)48-51(41,42)49-50(39,40)45-7-13-18(35)20(37)23(46-13)31-9-27-16-21(31)29-25(26)30-22(16)38/h2-5,9,12-13,15,17-20,23-24,32,34-37H,6-8H2,1H3,(H,28,33)(H,39,40)(H,41,42)(H3,26,29,30,38). The fourth-order valence-electron chi connectivity index (χ4n) is 5.16. The van der Waals surface area contributed by atoms with Crippen LogP contribution in [-0.4, -0.2) is 137 Å². The smallest absolute Gasteiger partial charge is 0.394 e. The number of phosphoric ester groups is 2. The van der Waals surface area contributed by atoms with Crippen LogP contribution in [0.3, 0.4) is 0 Å². The van der Waals surface area contributed by atoms with Crippen LogP contribution in [0.25, 0.3) is 11.2 Å². The molecule has 0 bridgehead atoms. The van der Waals surface area contributed by atoms with E-state index in [1.165, 1.54) is 24.3 Å². The summed E-state index contributed by atoms with van der Waals surface area (Å²) >= 11 is 0. The predicted molar refractivity (Wildman–Crippen MR) is 177 cm³/mol. The molecule has 4 heterocycles. The van der Waals surface area contributed by atoms with E-state index in [0.717, 1.165) is 16.5 Å². The number of rotatable bonds is 14. The molecule has 11 N–H and O–H groups in total. The number of benzene rings is 1. The maximum absolute atomic E-state index is 12.9. The molecule has 1 aromatic carbocycles. The number of carbonyl (C=O) groups excluding carboxylic acids is 1. The highest BCUT2D eigenvalue weighted by Crippen LogP contribution is 2.61. The second kappa shape index (κ2) is 16.1. The molecule has 1 amide bonds. The van der Waals surface area contributed by atoms with Gasteiger partial charge in [0, 0.05) is 0 Å². The molecule has 2 fully saturated rings. The lowest BCUT2D eigenvalue weighted by molar-refractivity contribution is -0.247. The van der Waals surface area contributed by atoms with Gasteiger partial charge in [-0.3, -0.25) is 28.2 Å². The maximum Gasteiger partial charge on any atom is 0.483 e. The van der Waals surface area contributed by atoms with Gasteiger partial charge >= 0.3 is 15.6 Å². The monoisotopic (exact) mass is 832 g/mol. The summed E-state index contributed by atoms with van der Waals surface area (Å²) in [6, 6.07) is 3.75. The number of anilines is 1. The molecule has 28 heteroatoms. The number of aromatic nitrogens is 4. The minimum Gasteiger partial charge on any atom is -0.394 e. The average molecular weight is 833 g/mol. The highest BCUT2D eigenvalue weighted by molar-refractivity contribution is 8.72. The average Bonchev–Trinajstić information content (AvgIpc) is 3.62. The van der Waals surface area contributed by atoms with E-state index in [2.05, 4.69) is 24.6 Å². The van der Waals surface area contributed by atoms with Crippen molar-refractivity contribution in [3.05, 3.63) is 46.5 Å². The third-order valence-electron chi connectivity index (χ3n) is 7.77. The molecule has 2 aromatic heterocycles. The number of nitrogen functional groups attached to an aromatic ring is 1. The minimum absolute atomic E-state index is 0.115. The van der Waals surface area contributed by atoms with Crippen LogP contribution in [0.4, 0.5) is 5.95 Å². The largest absolute Gasteiger partial charge is 0.483 e. The zero-order valence-corrected chi connectivity index (χ0v) is 30.4. The quantitative estimate of drug-likeness (QED) is 0.0569. The van der Waals surface area contributed by atoms with E-state index in [1.54, 1.807) is 6.92 Å². The highest BCUT2D eigenvalue weighted by Gasteiger charge is 2.50. The number of aliphatic hydroxyl groups is 5. The second-order valence-electron chi connectivity index (χ2n) is 11.6. The van der Waals surface area contributed by atoms with Gasteiger partial charge in [0.15, 0.2) is 23.7 Å². The molecule has 2 aliphatic rings. The Morgan fingerprint density at radius 3 is 2.38 bits per heavy atom. The van der Waals surface area contributed by atoms with Crippen LogP contribution in [0.15, 0.2) is 40.3 Å². The number of phosphoric acid groups is 2. The predicted octanol–water partition coefficient (Wildman–Crippen LogP) is -3.07. The zero-order chi connectivity index (χ0) is 39.0. The molecule has 3 aromatic rings. The highest BCUT2D eigenvalue weighted by atomic mass is 33.1. The first-order chi connectivity index (χ1) is 24.7. The molecule has 0 aliphatic carbocycles. The number of aryl methyl sites for hydroxylation is 1. The molecule has 2 saturated heterocycles. The summed E-state index contributed by atoms with van der Waals surface area (Å²) in [7, 11) is -15.3. The lowest BCUT2D eigenvalue weighted by atomic mass is 9.97. The second-order valence-corrected chi connectivity index (χ2v) is 18.5. The number of nitrogens with two attached hydrogens (primary N) is 1. The number of aliphatic hydroxyl groups excluding tert-OH is 5. The lowest BCUT2D eigenvalue weighted by Gasteiger charge is -2.42. The molecule has 0 saturated carbocycles. The summed E-state index contributed by atoms with van der Waals surface area (Å²) in [5.41, 5.74) is 5.27. The Morgan fingerprint density at radius 2 is 1.72 bits per heavy atom. The van der Waals surface area contributed by atoms with Gasteiger partial charge in [-0.1, -0.05) is 17.7 Å². The molecule has 0 radical (unpaired) electrons. The Labute approximate surface area is 301 Å². The lowest BCUT2D eigenvalue weighted by Crippen LogP contribution is -2.64. The molecule has 5 rings (SSSR count). The third-order valence-corrected chi connectivity index (χ3v) is 13.8. The fraction of sp³-hybridized carbons (Fsp3) is 0.520. The van der Waals surface area contributed by atoms with Gasteiger partial charge in [-0.25, -0.2) is 22.5 Å². The van der Waals surface area contributed by atoms with Crippen LogP contribution in [0.1, 0.15) is 11.8 Å². The van der Waals surface area contributed by atoms with Gasteiger partial charge in [0.2, 0.25) is 20.7 Å². The summed E-state index contributed by atoms with van der Waals surface area (Å²) in [4.78, 5) is 55.3. The maximum atomic E-state index is 12.9. The number of H-pyrrole nitrogens is 1. The molecule has 24 nitrogen and oxygen atoms in total. The molecule has 294 valence electrons. The number of nitrogens with zero attached hydrogens (tertiary/aromatic N) is 3. The van der Waals surface area contributed by atoms with Gasteiger partial charge in [-0.2, -0.15) is 9.29 Å². The first-order valence-electron chi connectivity index (χ1n) is 15.0. The molecular weight excluding hydrogens is 798 g/mol. The van der Waals surface area contributed by atoms with Crippen molar-refractivity contribution in [1.29, 1.82) is 0 Å². The Hall–Kier alpha value is -2.88. The molecule has 11 atom stereocenters. The fourth-order valence-corrected chi connectivity index (χ4v) is 9.80. The Morgan fingerprint density at radius 1 is 1.06 bits per heavy atom. The van der Waals surface area contributed by atoms with Crippen molar-refractivity contribution in [3.8, 4) is 0 Å². The van der Waals surface area contributed by atoms with Crippen molar-refractivity contribution < 1.29 is 80.5 Å². The van der Waals surface area contributed by atoms with Crippen molar-refractivity contribution >= 4 is 58.3 Å².